The maximum Gasteiger partial charge on any atom is 0.276 e. The molecule has 0 aromatic carbocycles. The number of likely N-dealkylation sites (N-methyl/N-ethyl adjacent to an activating group) is 1. The van der Waals surface area contributed by atoms with Crippen molar-refractivity contribution in [3.63, 3.8) is 0 Å². The van der Waals surface area contributed by atoms with Crippen LogP contribution >= 0.6 is 0 Å². The van der Waals surface area contributed by atoms with Gasteiger partial charge in [0.1, 0.15) is 12.4 Å². The van der Waals surface area contributed by atoms with Crippen molar-refractivity contribution < 1.29 is 17.9 Å². The van der Waals surface area contributed by atoms with E-state index in [1.165, 1.54) is 16.4 Å². The average Bonchev–Trinajstić information content (AvgIpc) is 2.88. The van der Waals surface area contributed by atoms with Crippen LogP contribution < -0.4 is 0 Å². The number of aliphatic hydroxyl groups excluding tert-OH is 1. The summed E-state index contributed by atoms with van der Waals surface area (Å²) in [6, 6.07) is 3.12. The van der Waals surface area contributed by atoms with Gasteiger partial charge in [-0.2, -0.15) is 4.31 Å². The minimum Gasteiger partial charge on any atom is -0.446 e. The number of sulfonamides is 1. The van der Waals surface area contributed by atoms with Crippen molar-refractivity contribution in [1.29, 1.82) is 0 Å². The fourth-order valence-electron chi connectivity index (χ4n) is 2.27. The van der Waals surface area contributed by atoms with Crippen LogP contribution in [0.2, 0.25) is 0 Å². The van der Waals surface area contributed by atoms with Crippen LogP contribution in [0.15, 0.2) is 21.6 Å². The second-order valence-electron chi connectivity index (χ2n) is 5.00. The SMILES string of the molecule is CN(C)C1CCCN(S(=O)(=O)c2ccc(CO)o2)C1. The van der Waals surface area contributed by atoms with Gasteiger partial charge in [-0.25, -0.2) is 8.42 Å². The predicted octanol–water partition coefficient (Wildman–Crippen LogP) is 0.487. The number of nitrogens with zero attached hydrogens (tertiary/aromatic N) is 2. The third-order valence-corrected chi connectivity index (χ3v) is 5.22. The quantitative estimate of drug-likeness (QED) is 0.872. The summed E-state index contributed by atoms with van der Waals surface area (Å²) in [6.45, 7) is 0.697. The Morgan fingerprint density at radius 1 is 1.47 bits per heavy atom. The fraction of sp³-hybridized carbons (Fsp3) is 0.667. The van der Waals surface area contributed by atoms with Gasteiger partial charge in [-0.05, 0) is 39.1 Å². The van der Waals surface area contributed by atoms with Gasteiger partial charge in [0, 0.05) is 19.1 Å². The zero-order valence-corrected chi connectivity index (χ0v) is 12.1. The van der Waals surface area contributed by atoms with Crippen LogP contribution in [0.5, 0.6) is 0 Å². The number of hydrogen-bond acceptors (Lipinski definition) is 5. The number of furan rings is 1. The summed E-state index contributed by atoms with van der Waals surface area (Å²) in [6.07, 6.45) is 1.84. The van der Waals surface area contributed by atoms with E-state index >= 15 is 0 Å². The van der Waals surface area contributed by atoms with E-state index in [2.05, 4.69) is 0 Å². The molecule has 7 heteroatoms. The van der Waals surface area contributed by atoms with Crippen molar-refractivity contribution in [2.45, 2.75) is 30.6 Å². The van der Waals surface area contributed by atoms with E-state index in [9.17, 15) is 8.42 Å². The number of piperidine rings is 1. The van der Waals surface area contributed by atoms with Gasteiger partial charge >= 0.3 is 0 Å². The van der Waals surface area contributed by atoms with Crippen LogP contribution in [-0.2, 0) is 16.6 Å². The minimum absolute atomic E-state index is 0.0871. The molecule has 6 nitrogen and oxygen atoms in total. The van der Waals surface area contributed by atoms with Gasteiger partial charge in [0.15, 0.2) is 0 Å². The molecule has 0 radical (unpaired) electrons. The maximum absolute atomic E-state index is 12.4. The van der Waals surface area contributed by atoms with E-state index in [0.717, 1.165) is 12.8 Å². The summed E-state index contributed by atoms with van der Waals surface area (Å²) in [7, 11) is 0.323. The van der Waals surface area contributed by atoms with Gasteiger partial charge in [0.05, 0.1) is 0 Å². The minimum atomic E-state index is -3.59. The molecule has 0 saturated carbocycles. The Balaban J connectivity index is 2.19. The molecule has 0 amide bonds. The molecule has 1 aliphatic heterocycles. The first-order valence-corrected chi connectivity index (χ1v) is 7.75. The third kappa shape index (κ3) is 3.00. The zero-order valence-electron chi connectivity index (χ0n) is 11.2. The second kappa shape index (κ2) is 5.62. The Kier molecular flexibility index (Phi) is 4.29. The molecule has 1 N–H and O–H groups in total. The topological polar surface area (TPSA) is 74.0 Å². The number of aliphatic hydroxyl groups is 1. The van der Waals surface area contributed by atoms with Crippen LogP contribution in [0.1, 0.15) is 18.6 Å². The molecule has 108 valence electrons. The summed E-state index contributed by atoms with van der Waals surface area (Å²) in [5.41, 5.74) is 0. The van der Waals surface area contributed by atoms with E-state index < -0.39 is 10.0 Å². The molecule has 1 aliphatic rings. The highest BCUT2D eigenvalue weighted by atomic mass is 32.2. The van der Waals surface area contributed by atoms with E-state index in [1.807, 2.05) is 19.0 Å². The lowest BCUT2D eigenvalue weighted by atomic mass is 10.1. The molecule has 19 heavy (non-hydrogen) atoms. The molecular weight excluding hydrogens is 268 g/mol. The van der Waals surface area contributed by atoms with Crippen LogP contribution in [-0.4, -0.2) is 56.0 Å². The maximum atomic E-state index is 12.4. The summed E-state index contributed by atoms with van der Waals surface area (Å²) < 4.78 is 31.4. The first kappa shape index (κ1) is 14.5. The van der Waals surface area contributed by atoms with Crippen molar-refractivity contribution in [2.75, 3.05) is 27.2 Å². The lowest BCUT2D eigenvalue weighted by Gasteiger charge is -2.34. The van der Waals surface area contributed by atoms with Crippen LogP contribution in [0, 0.1) is 0 Å². The largest absolute Gasteiger partial charge is 0.446 e. The molecule has 1 aromatic heterocycles. The zero-order chi connectivity index (χ0) is 14.0. The first-order valence-electron chi connectivity index (χ1n) is 6.31. The number of hydrogen-bond donors (Lipinski definition) is 1. The van der Waals surface area contributed by atoms with E-state index in [-0.39, 0.29) is 23.5 Å². The molecule has 1 atom stereocenters. The first-order chi connectivity index (χ1) is 8.95. The highest BCUT2D eigenvalue weighted by molar-refractivity contribution is 7.89. The summed E-state index contributed by atoms with van der Waals surface area (Å²) in [4.78, 5) is 2.04. The Labute approximate surface area is 113 Å². The smallest absolute Gasteiger partial charge is 0.276 e. The van der Waals surface area contributed by atoms with Crippen molar-refractivity contribution in [3.8, 4) is 0 Å². The van der Waals surface area contributed by atoms with Gasteiger partial charge in [-0.15, -0.1) is 0 Å². The second-order valence-corrected chi connectivity index (χ2v) is 6.87. The highest BCUT2D eigenvalue weighted by Crippen LogP contribution is 2.23. The van der Waals surface area contributed by atoms with E-state index in [0.29, 0.717) is 13.1 Å². The molecule has 0 spiro atoms. The number of rotatable bonds is 4. The van der Waals surface area contributed by atoms with Gasteiger partial charge in [0.2, 0.25) is 5.09 Å². The molecular formula is C12H20N2O4S. The van der Waals surface area contributed by atoms with Gasteiger partial charge in [-0.3, -0.25) is 0 Å². The Morgan fingerprint density at radius 2 is 2.21 bits per heavy atom. The lowest BCUT2D eigenvalue weighted by molar-refractivity contribution is 0.187. The van der Waals surface area contributed by atoms with Crippen molar-refractivity contribution >= 4 is 10.0 Å². The Bertz CT molecular complexity index is 524. The Morgan fingerprint density at radius 3 is 2.79 bits per heavy atom. The average molecular weight is 288 g/mol. The molecule has 1 saturated heterocycles. The van der Waals surface area contributed by atoms with E-state index in [4.69, 9.17) is 9.52 Å². The lowest BCUT2D eigenvalue weighted by Crippen LogP contribution is -2.47. The molecule has 1 fully saturated rings. The normalized spacial score (nSPS) is 22.0. The molecule has 2 rings (SSSR count). The van der Waals surface area contributed by atoms with E-state index in [1.54, 1.807) is 0 Å². The molecule has 1 aromatic rings. The predicted molar refractivity (Wildman–Crippen MR) is 70.1 cm³/mol. The van der Waals surface area contributed by atoms with Crippen molar-refractivity contribution in [2.24, 2.45) is 0 Å². The molecule has 1 unspecified atom stereocenters. The van der Waals surface area contributed by atoms with Crippen LogP contribution in [0.25, 0.3) is 0 Å². The highest BCUT2D eigenvalue weighted by Gasteiger charge is 2.32. The van der Waals surface area contributed by atoms with Crippen LogP contribution in [0.4, 0.5) is 0 Å². The summed E-state index contributed by atoms with van der Waals surface area (Å²) in [5.74, 6) is 0.264. The Hall–Kier alpha value is -0.890. The molecule has 0 aliphatic carbocycles. The monoisotopic (exact) mass is 288 g/mol. The van der Waals surface area contributed by atoms with Crippen LogP contribution in [0.3, 0.4) is 0 Å². The summed E-state index contributed by atoms with van der Waals surface area (Å²) >= 11 is 0. The fourth-order valence-corrected chi connectivity index (χ4v) is 3.71. The van der Waals surface area contributed by atoms with Gasteiger partial charge in [-0.1, -0.05) is 0 Å². The molecule has 2 heterocycles. The standard InChI is InChI=1S/C12H20N2O4S/c1-13(2)10-4-3-7-14(8-10)19(16,17)12-6-5-11(9-15)18-12/h5-6,10,15H,3-4,7-9H2,1-2H3. The molecule has 0 bridgehead atoms. The summed E-state index contributed by atoms with van der Waals surface area (Å²) in [5, 5.41) is 8.85. The van der Waals surface area contributed by atoms with Gasteiger partial charge in [0.25, 0.3) is 10.0 Å². The van der Waals surface area contributed by atoms with Gasteiger partial charge < -0.3 is 14.4 Å². The van der Waals surface area contributed by atoms with Crippen molar-refractivity contribution in [3.05, 3.63) is 17.9 Å². The third-order valence-electron chi connectivity index (χ3n) is 3.48. The van der Waals surface area contributed by atoms with Crippen molar-refractivity contribution in [1.82, 2.24) is 9.21 Å².